The molecule has 0 saturated heterocycles. The number of amides is 2. The quantitative estimate of drug-likeness (QED) is 0.718. The summed E-state index contributed by atoms with van der Waals surface area (Å²) in [6, 6.07) is 2.88. The Labute approximate surface area is 124 Å². The maximum Gasteiger partial charge on any atom is 0.354 e. The predicted molar refractivity (Wildman–Crippen MR) is 78.0 cm³/mol. The molecule has 3 N–H and O–H groups in total. The summed E-state index contributed by atoms with van der Waals surface area (Å²) in [6.07, 6.45) is 6.16. The van der Waals surface area contributed by atoms with Crippen molar-refractivity contribution in [2.45, 2.75) is 39.2 Å². The molecule has 6 nitrogen and oxygen atoms in total. The molecule has 0 unspecified atom stereocenters. The van der Waals surface area contributed by atoms with Gasteiger partial charge in [0.05, 0.1) is 0 Å². The Kier molecular flexibility index (Phi) is 4.77. The van der Waals surface area contributed by atoms with E-state index in [0.717, 1.165) is 24.9 Å². The van der Waals surface area contributed by atoms with Crippen LogP contribution in [0.2, 0.25) is 0 Å². The number of nitrogens with zero attached hydrogens (tertiary/aromatic N) is 1. The minimum atomic E-state index is -1.06. The zero-order valence-electron chi connectivity index (χ0n) is 12.2. The number of hydrogen-bond donors (Lipinski definition) is 3. The third kappa shape index (κ3) is 4.44. The van der Waals surface area contributed by atoms with E-state index in [1.165, 1.54) is 25.1 Å². The van der Waals surface area contributed by atoms with Crippen LogP contribution in [0.3, 0.4) is 0 Å². The number of carbonyl (C=O) groups is 2. The van der Waals surface area contributed by atoms with Gasteiger partial charge in [0.25, 0.3) is 0 Å². The number of aromatic carboxylic acids is 1. The van der Waals surface area contributed by atoms with Gasteiger partial charge in [0.2, 0.25) is 0 Å². The van der Waals surface area contributed by atoms with Gasteiger partial charge in [-0.05, 0) is 36.3 Å². The highest BCUT2D eigenvalue weighted by Crippen LogP contribution is 2.48. The lowest BCUT2D eigenvalue weighted by molar-refractivity contribution is 0.0690. The summed E-state index contributed by atoms with van der Waals surface area (Å²) >= 11 is 0. The second-order valence-corrected chi connectivity index (χ2v) is 5.64. The monoisotopic (exact) mass is 291 g/mol. The molecule has 0 radical (unpaired) electrons. The molecule has 0 atom stereocenters. The number of urea groups is 1. The van der Waals surface area contributed by atoms with Gasteiger partial charge in [0.15, 0.2) is 0 Å². The summed E-state index contributed by atoms with van der Waals surface area (Å²) in [5.74, 6) is -1.06. The van der Waals surface area contributed by atoms with E-state index in [1.807, 2.05) is 0 Å². The molecular weight excluding hydrogens is 270 g/mol. The largest absolute Gasteiger partial charge is 0.477 e. The lowest BCUT2D eigenvalue weighted by Gasteiger charge is -2.15. The summed E-state index contributed by atoms with van der Waals surface area (Å²) in [7, 11) is 0. The van der Waals surface area contributed by atoms with Crippen LogP contribution in [0.5, 0.6) is 0 Å². The number of carboxylic acid groups (broad SMARTS) is 1. The van der Waals surface area contributed by atoms with E-state index >= 15 is 0 Å². The van der Waals surface area contributed by atoms with Crippen molar-refractivity contribution in [1.82, 2.24) is 15.6 Å². The summed E-state index contributed by atoms with van der Waals surface area (Å²) in [6.45, 7) is 3.22. The maximum absolute atomic E-state index is 11.7. The fraction of sp³-hybridized carbons (Fsp3) is 0.533. The third-order valence-electron chi connectivity index (χ3n) is 3.86. The van der Waals surface area contributed by atoms with Crippen LogP contribution in [0.4, 0.5) is 4.79 Å². The van der Waals surface area contributed by atoms with Gasteiger partial charge >= 0.3 is 12.0 Å². The number of nitrogens with one attached hydrogen (secondary N) is 2. The lowest BCUT2D eigenvalue weighted by Crippen LogP contribution is -2.38. The second kappa shape index (κ2) is 6.56. The fourth-order valence-corrected chi connectivity index (χ4v) is 2.39. The number of aromatic nitrogens is 1. The van der Waals surface area contributed by atoms with Crippen LogP contribution in [-0.2, 0) is 6.54 Å². The van der Waals surface area contributed by atoms with Gasteiger partial charge in [0.1, 0.15) is 5.69 Å². The minimum Gasteiger partial charge on any atom is -0.477 e. The van der Waals surface area contributed by atoms with E-state index < -0.39 is 5.97 Å². The number of carbonyl (C=O) groups excluding carboxylic acids is 1. The normalized spacial score (nSPS) is 15.3. The SMILES string of the molecule is CCCC1(CNC(=O)NCc2ccc(C(=O)O)nc2)CC1. The topological polar surface area (TPSA) is 91.3 Å². The van der Waals surface area contributed by atoms with Crippen molar-refractivity contribution in [3.05, 3.63) is 29.6 Å². The number of pyridine rings is 1. The fourth-order valence-electron chi connectivity index (χ4n) is 2.39. The van der Waals surface area contributed by atoms with Gasteiger partial charge in [-0.15, -0.1) is 0 Å². The zero-order chi connectivity index (χ0) is 15.3. The Hall–Kier alpha value is -2.11. The van der Waals surface area contributed by atoms with Crippen LogP contribution in [-0.4, -0.2) is 28.6 Å². The number of hydrogen-bond acceptors (Lipinski definition) is 3. The standard InChI is InChI=1S/C15H21N3O3/c1-2-5-15(6-7-15)10-18-14(21)17-9-11-3-4-12(13(19)20)16-8-11/h3-4,8H,2,5-7,9-10H2,1H3,(H,19,20)(H2,17,18,21). The van der Waals surface area contributed by atoms with Crippen LogP contribution < -0.4 is 10.6 Å². The number of rotatable bonds is 7. The number of carboxylic acids is 1. The zero-order valence-corrected chi connectivity index (χ0v) is 12.2. The molecule has 1 aromatic heterocycles. The molecule has 2 amide bonds. The van der Waals surface area contributed by atoms with Crippen LogP contribution >= 0.6 is 0 Å². The smallest absolute Gasteiger partial charge is 0.354 e. The Morgan fingerprint density at radius 2 is 2.10 bits per heavy atom. The molecule has 1 fully saturated rings. The molecule has 114 valence electrons. The van der Waals surface area contributed by atoms with E-state index in [9.17, 15) is 9.59 Å². The van der Waals surface area contributed by atoms with Gasteiger partial charge in [-0.25, -0.2) is 14.6 Å². The van der Waals surface area contributed by atoms with Gasteiger partial charge in [0, 0.05) is 19.3 Å². The van der Waals surface area contributed by atoms with Crippen LogP contribution in [0, 0.1) is 5.41 Å². The van der Waals surface area contributed by atoms with Crippen molar-refractivity contribution in [2.75, 3.05) is 6.54 Å². The second-order valence-electron chi connectivity index (χ2n) is 5.64. The van der Waals surface area contributed by atoms with Crippen LogP contribution in [0.1, 0.15) is 48.7 Å². The highest BCUT2D eigenvalue weighted by Gasteiger charge is 2.41. The van der Waals surface area contributed by atoms with Gasteiger partial charge < -0.3 is 15.7 Å². The molecule has 0 aromatic carbocycles. The molecule has 0 spiro atoms. The molecule has 2 rings (SSSR count). The summed E-state index contributed by atoms with van der Waals surface area (Å²) in [5.41, 5.74) is 1.10. The van der Waals surface area contributed by atoms with Crippen LogP contribution in [0.15, 0.2) is 18.3 Å². The Morgan fingerprint density at radius 1 is 1.33 bits per heavy atom. The van der Waals surface area contributed by atoms with E-state index in [0.29, 0.717) is 12.0 Å². The molecule has 6 heteroatoms. The Balaban J connectivity index is 1.72. The molecule has 0 aliphatic heterocycles. The van der Waals surface area contributed by atoms with Crippen molar-refractivity contribution in [2.24, 2.45) is 5.41 Å². The molecule has 1 aliphatic rings. The average molecular weight is 291 g/mol. The van der Waals surface area contributed by atoms with Crippen molar-refractivity contribution in [1.29, 1.82) is 0 Å². The molecule has 0 bridgehead atoms. The lowest BCUT2D eigenvalue weighted by atomic mass is 10.0. The molecule has 1 aliphatic carbocycles. The molecule has 1 saturated carbocycles. The van der Waals surface area contributed by atoms with Crippen molar-refractivity contribution in [3.63, 3.8) is 0 Å². The first-order chi connectivity index (χ1) is 10.0. The predicted octanol–water partition coefficient (Wildman–Crippen LogP) is 2.16. The average Bonchev–Trinajstić information content (AvgIpc) is 3.24. The first-order valence-corrected chi connectivity index (χ1v) is 7.25. The van der Waals surface area contributed by atoms with Crippen molar-refractivity contribution < 1.29 is 14.7 Å². The van der Waals surface area contributed by atoms with Crippen molar-refractivity contribution in [3.8, 4) is 0 Å². The van der Waals surface area contributed by atoms with Crippen LogP contribution in [0.25, 0.3) is 0 Å². The highest BCUT2D eigenvalue weighted by atomic mass is 16.4. The summed E-state index contributed by atoms with van der Waals surface area (Å²) in [4.78, 5) is 26.2. The Bertz CT molecular complexity index is 509. The maximum atomic E-state index is 11.7. The van der Waals surface area contributed by atoms with Gasteiger partial charge in [-0.2, -0.15) is 0 Å². The van der Waals surface area contributed by atoms with E-state index in [-0.39, 0.29) is 11.7 Å². The van der Waals surface area contributed by atoms with E-state index in [4.69, 9.17) is 5.11 Å². The molecule has 1 heterocycles. The first kappa shape index (κ1) is 15.3. The highest BCUT2D eigenvalue weighted by molar-refractivity contribution is 5.85. The van der Waals surface area contributed by atoms with E-state index in [1.54, 1.807) is 6.07 Å². The Morgan fingerprint density at radius 3 is 2.62 bits per heavy atom. The minimum absolute atomic E-state index is 0.00144. The van der Waals surface area contributed by atoms with Gasteiger partial charge in [-0.1, -0.05) is 19.4 Å². The van der Waals surface area contributed by atoms with Gasteiger partial charge in [-0.3, -0.25) is 0 Å². The summed E-state index contributed by atoms with van der Waals surface area (Å²) < 4.78 is 0. The first-order valence-electron chi connectivity index (χ1n) is 7.25. The molecule has 1 aromatic rings. The third-order valence-corrected chi connectivity index (χ3v) is 3.86. The van der Waals surface area contributed by atoms with E-state index in [2.05, 4.69) is 22.5 Å². The summed E-state index contributed by atoms with van der Waals surface area (Å²) in [5, 5.41) is 14.4. The molecular formula is C15H21N3O3. The molecule has 21 heavy (non-hydrogen) atoms. The van der Waals surface area contributed by atoms with Crippen molar-refractivity contribution >= 4 is 12.0 Å².